The lowest BCUT2D eigenvalue weighted by atomic mass is 9.96. The van der Waals surface area contributed by atoms with Crippen molar-refractivity contribution in [3.8, 4) is 11.1 Å². The average Bonchev–Trinajstić information content (AvgIpc) is 3.47. The highest BCUT2D eigenvalue weighted by molar-refractivity contribution is 6.17. The molecule has 9 aromatic rings. The highest BCUT2D eigenvalue weighted by Gasteiger charge is 2.17. The van der Waals surface area contributed by atoms with Crippen LogP contribution in [0.5, 0.6) is 0 Å². The Bertz CT molecular complexity index is 2490. The van der Waals surface area contributed by atoms with E-state index in [-0.39, 0.29) is 0 Å². The SMILES string of the molecule is c1ccc(-c2ccc(N(c3ccc4c(ccc5c6ccccc6ccc45)c3)c3ccc4c(c3)oc3cnccc34)cc2)cc1. The van der Waals surface area contributed by atoms with E-state index in [1.54, 1.807) is 6.20 Å². The van der Waals surface area contributed by atoms with Gasteiger partial charge in [0.25, 0.3) is 0 Å². The molecule has 2 heterocycles. The van der Waals surface area contributed by atoms with Gasteiger partial charge in [-0.3, -0.25) is 4.98 Å². The van der Waals surface area contributed by atoms with E-state index in [1.165, 1.54) is 43.4 Å². The number of pyridine rings is 1. The lowest BCUT2D eigenvalue weighted by Gasteiger charge is -2.26. The summed E-state index contributed by atoms with van der Waals surface area (Å²) in [5.41, 5.74) is 7.22. The summed E-state index contributed by atoms with van der Waals surface area (Å²) < 4.78 is 6.26. The van der Waals surface area contributed by atoms with Crippen LogP contribution in [0.3, 0.4) is 0 Å². The number of fused-ring (bicyclic) bond motifs is 8. The number of rotatable bonds is 4. The van der Waals surface area contributed by atoms with Crippen molar-refractivity contribution in [3.63, 3.8) is 0 Å². The van der Waals surface area contributed by atoms with Crippen LogP contribution in [0.4, 0.5) is 17.1 Å². The zero-order valence-electron chi connectivity index (χ0n) is 23.8. The molecule has 0 aliphatic heterocycles. The molecule has 0 saturated heterocycles. The van der Waals surface area contributed by atoms with Crippen molar-refractivity contribution in [1.82, 2.24) is 4.98 Å². The van der Waals surface area contributed by atoms with Crippen LogP contribution in [0.25, 0.3) is 65.4 Å². The Kier molecular flexibility index (Phi) is 5.50. The van der Waals surface area contributed by atoms with E-state index in [4.69, 9.17) is 4.42 Å². The summed E-state index contributed by atoms with van der Waals surface area (Å²) >= 11 is 0. The number of nitrogens with zero attached hydrogens (tertiary/aromatic N) is 2. The van der Waals surface area contributed by atoms with Crippen LogP contribution in [0, 0.1) is 0 Å². The minimum absolute atomic E-state index is 0.795. The van der Waals surface area contributed by atoms with Crippen molar-refractivity contribution in [1.29, 1.82) is 0 Å². The van der Waals surface area contributed by atoms with Gasteiger partial charge in [0.15, 0.2) is 5.58 Å². The maximum Gasteiger partial charge on any atom is 0.153 e. The summed E-state index contributed by atoms with van der Waals surface area (Å²) in [6.45, 7) is 0. The van der Waals surface area contributed by atoms with Gasteiger partial charge in [0.05, 0.1) is 6.20 Å². The Morgan fingerprint density at radius 3 is 1.86 bits per heavy atom. The predicted octanol–water partition coefficient (Wildman–Crippen LogP) is 11.6. The first-order chi connectivity index (χ1) is 21.8. The molecular formula is C41H26N2O. The Morgan fingerprint density at radius 2 is 1.02 bits per heavy atom. The monoisotopic (exact) mass is 562 g/mol. The fourth-order valence-corrected chi connectivity index (χ4v) is 6.60. The number of anilines is 3. The fraction of sp³-hybridized carbons (Fsp3) is 0. The standard InChI is InChI=1S/C41H26N2O/c1-2-6-27(7-3-1)28-10-14-31(15-11-28)43(33-17-21-38-39-22-23-42-26-41(39)44-40(38)25-33)32-16-20-35-30(24-32)13-19-36-34-9-5-4-8-29(34)12-18-37(35)36/h1-26H. The molecule has 9 rings (SSSR count). The third-order valence-electron chi connectivity index (χ3n) is 8.73. The highest BCUT2D eigenvalue weighted by atomic mass is 16.3. The van der Waals surface area contributed by atoms with Crippen molar-refractivity contribution >= 4 is 71.3 Å². The fourth-order valence-electron chi connectivity index (χ4n) is 6.60. The van der Waals surface area contributed by atoms with Crippen LogP contribution < -0.4 is 4.90 Å². The van der Waals surface area contributed by atoms with Gasteiger partial charge in [-0.05, 0) is 85.9 Å². The normalized spacial score (nSPS) is 11.6. The number of hydrogen-bond acceptors (Lipinski definition) is 3. The molecule has 3 heteroatoms. The predicted molar refractivity (Wildman–Crippen MR) is 184 cm³/mol. The van der Waals surface area contributed by atoms with Gasteiger partial charge >= 0.3 is 0 Å². The molecule has 0 atom stereocenters. The van der Waals surface area contributed by atoms with Gasteiger partial charge in [-0.25, -0.2) is 0 Å². The molecule has 0 N–H and O–H groups in total. The van der Waals surface area contributed by atoms with Crippen LogP contribution >= 0.6 is 0 Å². The third-order valence-corrected chi connectivity index (χ3v) is 8.73. The maximum absolute atomic E-state index is 6.26. The van der Waals surface area contributed by atoms with Crippen LogP contribution in [0.15, 0.2) is 162 Å². The van der Waals surface area contributed by atoms with Gasteiger partial charge in [-0.15, -0.1) is 0 Å². The van der Waals surface area contributed by atoms with Crippen molar-refractivity contribution in [2.75, 3.05) is 4.90 Å². The number of aromatic nitrogens is 1. The van der Waals surface area contributed by atoms with E-state index in [1.807, 2.05) is 12.3 Å². The van der Waals surface area contributed by atoms with E-state index in [0.29, 0.717) is 0 Å². The van der Waals surface area contributed by atoms with Gasteiger partial charge < -0.3 is 9.32 Å². The van der Waals surface area contributed by atoms with E-state index >= 15 is 0 Å². The second-order valence-electron chi connectivity index (χ2n) is 11.3. The molecule has 0 fully saturated rings. The van der Waals surface area contributed by atoms with Crippen molar-refractivity contribution in [2.24, 2.45) is 0 Å². The van der Waals surface area contributed by atoms with Gasteiger partial charge in [0, 0.05) is 40.1 Å². The topological polar surface area (TPSA) is 29.3 Å². The Hall–Kier alpha value is -5.93. The summed E-state index contributed by atoms with van der Waals surface area (Å²) in [4.78, 5) is 6.57. The molecule has 3 nitrogen and oxygen atoms in total. The van der Waals surface area contributed by atoms with E-state index in [0.717, 1.165) is 39.0 Å². The molecule has 206 valence electrons. The molecular weight excluding hydrogens is 536 g/mol. The van der Waals surface area contributed by atoms with Crippen LogP contribution in [-0.2, 0) is 0 Å². The number of hydrogen-bond donors (Lipinski definition) is 0. The van der Waals surface area contributed by atoms with Gasteiger partial charge in [-0.1, -0.05) is 97.1 Å². The minimum atomic E-state index is 0.795. The molecule has 0 aliphatic carbocycles. The average molecular weight is 563 g/mol. The summed E-state index contributed by atoms with van der Waals surface area (Å²) in [6, 6.07) is 52.2. The first-order valence-corrected chi connectivity index (χ1v) is 14.9. The van der Waals surface area contributed by atoms with Gasteiger partial charge in [-0.2, -0.15) is 0 Å². The van der Waals surface area contributed by atoms with Crippen LogP contribution in [-0.4, -0.2) is 4.98 Å². The zero-order chi connectivity index (χ0) is 29.0. The van der Waals surface area contributed by atoms with Crippen molar-refractivity contribution in [2.45, 2.75) is 0 Å². The Balaban J connectivity index is 1.22. The molecule has 2 aromatic heterocycles. The molecule has 0 unspecified atom stereocenters. The zero-order valence-corrected chi connectivity index (χ0v) is 23.8. The first kappa shape index (κ1) is 24.6. The second-order valence-corrected chi connectivity index (χ2v) is 11.3. The van der Waals surface area contributed by atoms with E-state index in [9.17, 15) is 0 Å². The molecule has 0 amide bonds. The summed E-state index contributed by atoms with van der Waals surface area (Å²) in [5.74, 6) is 0. The van der Waals surface area contributed by atoms with Crippen molar-refractivity contribution in [3.05, 3.63) is 158 Å². The number of benzene rings is 7. The van der Waals surface area contributed by atoms with Crippen LogP contribution in [0.1, 0.15) is 0 Å². The largest absolute Gasteiger partial charge is 0.454 e. The summed E-state index contributed by atoms with van der Waals surface area (Å²) in [6.07, 6.45) is 3.60. The maximum atomic E-state index is 6.26. The molecule has 44 heavy (non-hydrogen) atoms. The van der Waals surface area contributed by atoms with E-state index < -0.39 is 0 Å². The molecule has 0 spiro atoms. The first-order valence-electron chi connectivity index (χ1n) is 14.9. The van der Waals surface area contributed by atoms with Gasteiger partial charge in [0.1, 0.15) is 5.58 Å². The van der Waals surface area contributed by atoms with E-state index in [2.05, 4.69) is 149 Å². The molecule has 0 bridgehead atoms. The lowest BCUT2D eigenvalue weighted by molar-refractivity contribution is 0.667. The molecule has 7 aromatic carbocycles. The summed E-state index contributed by atoms with van der Waals surface area (Å²) in [7, 11) is 0. The van der Waals surface area contributed by atoms with Crippen molar-refractivity contribution < 1.29 is 4.42 Å². The summed E-state index contributed by atoms with van der Waals surface area (Å²) in [5, 5.41) is 9.70. The molecule has 0 aliphatic rings. The quantitative estimate of drug-likeness (QED) is 0.200. The molecule has 0 radical (unpaired) electrons. The lowest BCUT2D eigenvalue weighted by Crippen LogP contribution is -2.09. The Morgan fingerprint density at radius 1 is 0.409 bits per heavy atom. The smallest absolute Gasteiger partial charge is 0.153 e. The second kappa shape index (κ2) is 9.82. The van der Waals surface area contributed by atoms with Crippen LogP contribution in [0.2, 0.25) is 0 Å². The Labute approximate surface area is 254 Å². The highest BCUT2D eigenvalue weighted by Crippen LogP contribution is 2.41. The van der Waals surface area contributed by atoms with Gasteiger partial charge in [0.2, 0.25) is 0 Å². The minimum Gasteiger partial charge on any atom is -0.454 e. The number of furan rings is 1. The molecule has 0 saturated carbocycles. The third kappa shape index (κ3) is 3.94.